The molecule has 28 heavy (non-hydrogen) atoms. The van der Waals surface area contributed by atoms with Crippen LogP contribution >= 0.6 is 0 Å². The summed E-state index contributed by atoms with van der Waals surface area (Å²) in [5.74, 6) is 0.253. The molecule has 9 nitrogen and oxygen atoms in total. The molecule has 0 radical (unpaired) electrons. The number of imide groups is 1. The number of fused-ring (bicyclic) bond motifs is 1. The number of hydrogen-bond acceptors (Lipinski definition) is 6. The highest BCUT2D eigenvalue weighted by Gasteiger charge is 2.50. The highest BCUT2D eigenvalue weighted by Crippen LogP contribution is 2.33. The molecule has 1 atom stereocenters. The fourth-order valence-electron chi connectivity index (χ4n) is 3.07. The SMILES string of the molecule is COc1cccc([C@]2(C)NC(=O)N(NC(=O)c3ccc4c(c3)OCO4)C2=O)c1. The van der Waals surface area contributed by atoms with E-state index in [0.29, 0.717) is 27.8 Å². The number of hydrogen-bond donors (Lipinski definition) is 2. The molecule has 0 unspecified atom stereocenters. The zero-order chi connectivity index (χ0) is 19.9. The smallest absolute Gasteiger partial charge is 0.344 e. The van der Waals surface area contributed by atoms with Crippen molar-refractivity contribution in [2.24, 2.45) is 0 Å². The van der Waals surface area contributed by atoms with E-state index >= 15 is 0 Å². The fourth-order valence-corrected chi connectivity index (χ4v) is 3.07. The van der Waals surface area contributed by atoms with Crippen molar-refractivity contribution in [1.29, 1.82) is 0 Å². The Labute approximate surface area is 160 Å². The molecule has 0 saturated carbocycles. The lowest BCUT2D eigenvalue weighted by Gasteiger charge is -2.22. The number of carbonyl (C=O) groups excluding carboxylic acids is 3. The van der Waals surface area contributed by atoms with Gasteiger partial charge in [-0.3, -0.25) is 15.0 Å². The lowest BCUT2D eigenvalue weighted by atomic mass is 9.92. The summed E-state index contributed by atoms with van der Waals surface area (Å²) in [6.07, 6.45) is 0. The maximum Gasteiger partial charge on any atom is 0.344 e. The molecule has 9 heteroatoms. The van der Waals surface area contributed by atoms with E-state index in [0.717, 1.165) is 0 Å². The van der Waals surface area contributed by atoms with Crippen LogP contribution in [0.1, 0.15) is 22.8 Å². The van der Waals surface area contributed by atoms with Crippen molar-refractivity contribution in [2.75, 3.05) is 13.9 Å². The number of carbonyl (C=O) groups is 3. The van der Waals surface area contributed by atoms with E-state index in [2.05, 4.69) is 10.7 Å². The van der Waals surface area contributed by atoms with Crippen LogP contribution in [0.4, 0.5) is 4.79 Å². The van der Waals surface area contributed by atoms with E-state index in [1.165, 1.54) is 19.2 Å². The Hall–Kier alpha value is -3.75. The number of rotatable bonds is 4. The van der Waals surface area contributed by atoms with Crippen LogP contribution in [0.25, 0.3) is 0 Å². The predicted molar refractivity (Wildman–Crippen MR) is 95.8 cm³/mol. The molecule has 2 aliphatic heterocycles. The van der Waals surface area contributed by atoms with Crippen LogP contribution in [0.3, 0.4) is 0 Å². The third-order valence-electron chi connectivity index (χ3n) is 4.69. The molecule has 2 aliphatic rings. The van der Waals surface area contributed by atoms with Crippen molar-refractivity contribution in [3.8, 4) is 17.2 Å². The van der Waals surface area contributed by atoms with E-state index < -0.39 is 23.4 Å². The summed E-state index contributed by atoms with van der Waals surface area (Å²) >= 11 is 0. The molecule has 2 aromatic carbocycles. The predicted octanol–water partition coefficient (Wildman–Crippen LogP) is 1.54. The summed E-state index contributed by atoms with van der Waals surface area (Å²) in [5, 5.41) is 3.29. The Morgan fingerprint density at radius 1 is 1.18 bits per heavy atom. The van der Waals surface area contributed by atoms with Gasteiger partial charge in [0.2, 0.25) is 6.79 Å². The zero-order valence-electron chi connectivity index (χ0n) is 15.1. The number of hydrazine groups is 1. The maximum atomic E-state index is 12.9. The van der Waals surface area contributed by atoms with Gasteiger partial charge in [-0.1, -0.05) is 12.1 Å². The molecular weight excluding hydrogens is 366 g/mol. The highest BCUT2D eigenvalue weighted by molar-refractivity contribution is 6.09. The Kier molecular flexibility index (Phi) is 4.07. The summed E-state index contributed by atoms with van der Waals surface area (Å²) in [4.78, 5) is 37.9. The molecular formula is C19H17N3O6. The van der Waals surface area contributed by atoms with Gasteiger partial charge in [0.05, 0.1) is 7.11 Å². The minimum Gasteiger partial charge on any atom is -0.497 e. The summed E-state index contributed by atoms with van der Waals surface area (Å²) in [7, 11) is 1.51. The van der Waals surface area contributed by atoms with Crippen LogP contribution in [-0.4, -0.2) is 36.8 Å². The first-order valence-electron chi connectivity index (χ1n) is 8.44. The summed E-state index contributed by atoms with van der Waals surface area (Å²) in [6, 6.07) is 10.7. The summed E-state index contributed by atoms with van der Waals surface area (Å²) in [6.45, 7) is 1.64. The van der Waals surface area contributed by atoms with Crippen molar-refractivity contribution < 1.29 is 28.6 Å². The van der Waals surface area contributed by atoms with Gasteiger partial charge < -0.3 is 19.5 Å². The molecule has 1 fully saturated rings. The first-order valence-corrected chi connectivity index (χ1v) is 8.44. The number of methoxy groups -OCH3 is 1. The molecule has 0 spiro atoms. The van der Waals surface area contributed by atoms with E-state index in [1.54, 1.807) is 37.3 Å². The van der Waals surface area contributed by atoms with Crippen LogP contribution in [0.15, 0.2) is 42.5 Å². The summed E-state index contributed by atoms with van der Waals surface area (Å²) < 4.78 is 15.6. The Morgan fingerprint density at radius 2 is 1.96 bits per heavy atom. The first kappa shape index (κ1) is 17.7. The Morgan fingerprint density at radius 3 is 2.75 bits per heavy atom. The molecule has 2 heterocycles. The van der Waals surface area contributed by atoms with Crippen molar-refractivity contribution in [3.63, 3.8) is 0 Å². The summed E-state index contributed by atoms with van der Waals surface area (Å²) in [5.41, 5.74) is 1.76. The Bertz CT molecular complexity index is 991. The van der Waals surface area contributed by atoms with E-state index in [4.69, 9.17) is 14.2 Å². The molecule has 0 aliphatic carbocycles. The number of nitrogens with zero attached hydrogens (tertiary/aromatic N) is 1. The molecule has 1 saturated heterocycles. The van der Waals surface area contributed by atoms with Crippen LogP contribution in [-0.2, 0) is 10.3 Å². The quantitative estimate of drug-likeness (QED) is 0.776. The molecule has 4 amide bonds. The maximum absolute atomic E-state index is 12.9. The van der Waals surface area contributed by atoms with Crippen molar-refractivity contribution in [1.82, 2.24) is 15.8 Å². The van der Waals surface area contributed by atoms with Gasteiger partial charge in [0, 0.05) is 5.56 Å². The minimum absolute atomic E-state index is 0.0757. The third-order valence-corrected chi connectivity index (χ3v) is 4.69. The van der Waals surface area contributed by atoms with Gasteiger partial charge in [-0.25, -0.2) is 4.79 Å². The number of nitrogens with one attached hydrogen (secondary N) is 2. The lowest BCUT2D eigenvalue weighted by Crippen LogP contribution is -2.47. The van der Waals surface area contributed by atoms with E-state index in [1.807, 2.05) is 0 Å². The monoisotopic (exact) mass is 383 g/mol. The molecule has 2 aromatic rings. The number of amides is 4. The van der Waals surface area contributed by atoms with Gasteiger partial charge in [-0.2, -0.15) is 5.01 Å². The largest absolute Gasteiger partial charge is 0.497 e. The van der Waals surface area contributed by atoms with Crippen LogP contribution in [0.5, 0.6) is 17.2 Å². The van der Waals surface area contributed by atoms with Gasteiger partial charge in [-0.05, 0) is 42.8 Å². The first-order chi connectivity index (χ1) is 13.4. The zero-order valence-corrected chi connectivity index (χ0v) is 15.1. The Balaban J connectivity index is 1.56. The van der Waals surface area contributed by atoms with Gasteiger partial charge in [0.25, 0.3) is 11.8 Å². The van der Waals surface area contributed by atoms with Gasteiger partial charge in [0.1, 0.15) is 11.3 Å². The average molecular weight is 383 g/mol. The average Bonchev–Trinajstić information content (AvgIpc) is 3.26. The van der Waals surface area contributed by atoms with Gasteiger partial charge in [-0.15, -0.1) is 0 Å². The normalized spacial score (nSPS) is 20.1. The molecule has 0 bridgehead atoms. The second-order valence-electron chi connectivity index (χ2n) is 6.44. The third kappa shape index (κ3) is 2.77. The van der Waals surface area contributed by atoms with E-state index in [9.17, 15) is 14.4 Å². The van der Waals surface area contributed by atoms with Gasteiger partial charge >= 0.3 is 6.03 Å². The lowest BCUT2D eigenvalue weighted by molar-refractivity contribution is -0.132. The molecule has 4 rings (SSSR count). The second kappa shape index (κ2) is 6.45. The molecule has 0 aromatic heterocycles. The van der Waals surface area contributed by atoms with Crippen molar-refractivity contribution in [2.45, 2.75) is 12.5 Å². The fraction of sp³-hybridized carbons (Fsp3) is 0.211. The van der Waals surface area contributed by atoms with Crippen LogP contribution in [0.2, 0.25) is 0 Å². The highest BCUT2D eigenvalue weighted by atomic mass is 16.7. The second-order valence-corrected chi connectivity index (χ2v) is 6.44. The van der Waals surface area contributed by atoms with Crippen molar-refractivity contribution in [3.05, 3.63) is 53.6 Å². The van der Waals surface area contributed by atoms with Crippen LogP contribution < -0.4 is 25.0 Å². The number of urea groups is 1. The standard InChI is InChI=1S/C19H17N3O6/c1-19(12-4-3-5-13(9-12)26-2)17(24)22(18(25)20-19)21-16(23)11-6-7-14-15(8-11)28-10-27-14/h3-9H,10H2,1-2H3,(H,20,25)(H,21,23)/t19-/m0/s1. The minimum atomic E-state index is -1.34. The van der Waals surface area contributed by atoms with Crippen LogP contribution in [0, 0.1) is 0 Å². The number of ether oxygens (including phenoxy) is 3. The molecule has 144 valence electrons. The molecule has 2 N–H and O–H groups in total. The van der Waals surface area contributed by atoms with Gasteiger partial charge in [0.15, 0.2) is 11.5 Å². The number of benzene rings is 2. The topological polar surface area (TPSA) is 106 Å². The van der Waals surface area contributed by atoms with E-state index in [-0.39, 0.29) is 12.4 Å². The van der Waals surface area contributed by atoms with Crippen molar-refractivity contribution >= 4 is 17.8 Å².